The molecule has 150 valence electrons. The van der Waals surface area contributed by atoms with Crippen LogP contribution in [0.25, 0.3) is 0 Å². The van der Waals surface area contributed by atoms with Gasteiger partial charge in [-0.3, -0.25) is 0 Å². The highest BCUT2D eigenvalue weighted by Gasteiger charge is 2.43. The fourth-order valence-corrected chi connectivity index (χ4v) is 3.30. The third kappa shape index (κ3) is 5.82. The lowest BCUT2D eigenvalue weighted by atomic mass is 10.1. The second-order valence-electron chi connectivity index (χ2n) is 6.22. The molecule has 8 heteroatoms. The highest BCUT2D eigenvalue weighted by Crippen LogP contribution is 2.26. The van der Waals surface area contributed by atoms with Crippen LogP contribution in [0.3, 0.4) is 0 Å². The normalized spacial score (nSPS) is 40.8. The van der Waals surface area contributed by atoms with Crippen LogP contribution in [0, 0.1) is 0 Å². The molecular formula is C17H33FO7. The van der Waals surface area contributed by atoms with E-state index < -0.39 is 18.4 Å². The summed E-state index contributed by atoms with van der Waals surface area (Å²) in [6.45, 7) is 4.61. The number of ether oxygens (including phenoxy) is 7. The summed E-state index contributed by atoms with van der Waals surface area (Å²) in [5, 5.41) is 0. The fraction of sp³-hybridized carbons (Fsp3) is 1.00. The van der Waals surface area contributed by atoms with Gasteiger partial charge in [0.1, 0.15) is 30.5 Å². The predicted molar refractivity (Wildman–Crippen MR) is 89.7 cm³/mol. The second-order valence-corrected chi connectivity index (χ2v) is 6.22. The van der Waals surface area contributed by atoms with E-state index in [1.54, 1.807) is 35.4 Å². The van der Waals surface area contributed by atoms with Crippen molar-refractivity contribution < 1.29 is 37.5 Å². The van der Waals surface area contributed by atoms with Gasteiger partial charge in [-0.1, -0.05) is 0 Å². The van der Waals surface area contributed by atoms with E-state index in [0.29, 0.717) is 13.2 Å². The van der Waals surface area contributed by atoms with Gasteiger partial charge in [-0.2, -0.15) is 0 Å². The van der Waals surface area contributed by atoms with E-state index in [2.05, 4.69) is 0 Å². The molecule has 7 nitrogen and oxygen atoms in total. The third-order valence-electron chi connectivity index (χ3n) is 4.54. The molecular weight excluding hydrogens is 335 g/mol. The van der Waals surface area contributed by atoms with Gasteiger partial charge in [0.05, 0.1) is 25.4 Å². The van der Waals surface area contributed by atoms with E-state index in [4.69, 9.17) is 33.2 Å². The van der Waals surface area contributed by atoms with E-state index in [1.807, 2.05) is 6.92 Å². The van der Waals surface area contributed by atoms with Crippen molar-refractivity contribution in [2.24, 2.45) is 0 Å². The maximum absolute atomic E-state index is 13.2. The zero-order valence-electron chi connectivity index (χ0n) is 16.3. The largest absolute Gasteiger partial charge is 0.382 e. The molecule has 0 aromatic carbocycles. The third-order valence-corrected chi connectivity index (χ3v) is 4.54. The van der Waals surface area contributed by atoms with Crippen LogP contribution in [-0.2, 0) is 33.2 Å². The molecule has 25 heavy (non-hydrogen) atoms. The van der Waals surface area contributed by atoms with Crippen molar-refractivity contribution in [3.63, 3.8) is 0 Å². The van der Waals surface area contributed by atoms with Crippen LogP contribution in [0.1, 0.15) is 13.8 Å². The van der Waals surface area contributed by atoms with Crippen molar-refractivity contribution in [1.82, 2.24) is 0 Å². The first-order chi connectivity index (χ1) is 11.9. The van der Waals surface area contributed by atoms with E-state index in [9.17, 15) is 4.39 Å². The van der Waals surface area contributed by atoms with Gasteiger partial charge < -0.3 is 33.2 Å². The lowest BCUT2D eigenvalue weighted by Crippen LogP contribution is -2.37. The van der Waals surface area contributed by atoms with Gasteiger partial charge in [0.15, 0.2) is 6.17 Å². The molecule has 2 aliphatic heterocycles. The molecule has 0 aromatic rings. The molecule has 2 aliphatic rings. The molecule has 0 aromatic heterocycles. The van der Waals surface area contributed by atoms with Gasteiger partial charge in [-0.25, -0.2) is 4.39 Å². The van der Waals surface area contributed by atoms with Crippen molar-refractivity contribution in [3.8, 4) is 0 Å². The average Bonchev–Trinajstić information content (AvgIpc) is 3.04. The SMILES string of the molecule is COC[C@H]1O[C@@H](C)[C@@H](F)C1OC.COC[C@H]1O[C@@H](C)[C@@H](OC)C1OC. The Labute approximate surface area is 150 Å². The number of alkyl halides is 1. The summed E-state index contributed by atoms with van der Waals surface area (Å²) < 4.78 is 49.7. The van der Waals surface area contributed by atoms with Gasteiger partial charge in [-0.15, -0.1) is 0 Å². The molecule has 0 spiro atoms. The molecule has 0 saturated carbocycles. The molecule has 2 fully saturated rings. The number of halogens is 1. The topological polar surface area (TPSA) is 64.6 Å². The maximum Gasteiger partial charge on any atom is 0.154 e. The maximum atomic E-state index is 13.2. The van der Waals surface area contributed by atoms with Gasteiger partial charge in [0.25, 0.3) is 0 Å². The molecule has 2 unspecified atom stereocenters. The first kappa shape index (κ1) is 22.7. The Balaban J connectivity index is 0.000000251. The molecule has 2 saturated heterocycles. The zero-order chi connectivity index (χ0) is 19.0. The Hall–Kier alpha value is -0.350. The molecule has 0 aliphatic carbocycles. The molecule has 0 radical (unpaired) electrons. The van der Waals surface area contributed by atoms with E-state index in [0.717, 1.165) is 0 Å². The van der Waals surface area contributed by atoms with Crippen molar-refractivity contribution in [2.45, 2.75) is 62.7 Å². The van der Waals surface area contributed by atoms with Crippen molar-refractivity contribution in [2.75, 3.05) is 48.8 Å². The Morgan fingerprint density at radius 3 is 1.56 bits per heavy atom. The van der Waals surface area contributed by atoms with Crippen LogP contribution in [0.5, 0.6) is 0 Å². The first-order valence-corrected chi connectivity index (χ1v) is 8.46. The molecule has 0 bridgehead atoms. The molecule has 2 heterocycles. The van der Waals surface area contributed by atoms with E-state index in [1.165, 1.54) is 7.11 Å². The van der Waals surface area contributed by atoms with Crippen molar-refractivity contribution in [1.29, 1.82) is 0 Å². The minimum atomic E-state index is -1.05. The van der Waals surface area contributed by atoms with Gasteiger partial charge >= 0.3 is 0 Å². The molecule has 2 rings (SSSR count). The highest BCUT2D eigenvalue weighted by atomic mass is 19.1. The number of methoxy groups -OCH3 is 5. The summed E-state index contributed by atoms with van der Waals surface area (Å²) in [4.78, 5) is 0. The lowest BCUT2D eigenvalue weighted by Gasteiger charge is -2.20. The van der Waals surface area contributed by atoms with Crippen LogP contribution in [-0.4, -0.2) is 97.7 Å². The van der Waals surface area contributed by atoms with Crippen LogP contribution < -0.4 is 0 Å². The van der Waals surface area contributed by atoms with Crippen LogP contribution in [0.15, 0.2) is 0 Å². The summed E-state index contributed by atoms with van der Waals surface area (Å²) >= 11 is 0. The fourth-order valence-electron chi connectivity index (χ4n) is 3.30. The van der Waals surface area contributed by atoms with E-state index >= 15 is 0 Å². The number of hydrogen-bond donors (Lipinski definition) is 0. The van der Waals surface area contributed by atoms with E-state index in [-0.39, 0.29) is 30.5 Å². The monoisotopic (exact) mass is 368 g/mol. The summed E-state index contributed by atoms with van der Waals surface area (Å²) in [5.74, 6) is 0. The standard InChI is InChI=1S/C9H18O4.C8H15FO3/c1-6-8(11-3)9(12-4)7(13-6)5-10-2;1-5-7(9)8(11-3)6(12-5)4-10-2/h6-9H,5H2,1-4H3;5-8H,4H2,1-3H3/t6-,7+,8+,9?;5-,6+,7+,8?/m00/s1. The second kappa shape index (κ2) is 11.4. The van der Waals surface area contributed by atoms with Crippen molar-refractivity contribution in [3.05, 3.63) is 0 Å². The summed E-state index contributed by atoms with van der Waals surface area (Å²) in [6, 6.07) is 0. The van der Waals surface area contributed by atoms with Gasteiger partial charge in [-0.05, 0) is 13.8 Å². The lowest BCUT2D eigenvalue weighted by molar-refractivity contribution is -0.0471. The Kier molecular flexibility index (Phi) is 10.3. The summed E-state index contributed by atoms with van der Waals surface area (Å²) in [5.41, 5.74) is 0. The molecule has 0 N–H and O–H groups in total. The number of hydrogen-bond acceptors (Lipinski definition) is 7. The quantitative estimate of drug-likeness (QED) is 0.669. The van der Waals surface area contributed by atoms with Crippen LogP contribution in [0.2, 0.25) is 0 Å². The van der Waals surface area contributed by atoms with Crippen LogP contribution in [0.4, 0.5) is 4.39 Å². The van der Waals surface area contributed by atoms with Gasteiger partial charge in [0.2, 0.25) is 0 Å². The minimum absolute atomic E-state index is 0.00477. The minimum Gasteiger partial charge on any atom is -0.382 e. The first-order valence-electron chi connectivity index (χ1n) is 8.46. The van der Waals surface area contributed by atoms with Gasteiger partial charge in [0, 0.05) is 35.5 Å². The Morgan fingerprint density at radius 2 is 1.12 bits per heavy atom. The van der Waals surface area contributed by atoms with Crippen LogP contribution >= 0.6 is 0 Å². The average molecular weight is 368 g/mol. The summed E-state index contributed by atoms with van der Waals surface area (Å²) in [6.07, 6.45) is -2.18. The Morgan fingerprint density at radius 1 is 0.680 bits per heavy atom. The van der Waals surface area contributed by atoms with Crippen molar-refractivity contribution >= 4 is 0 Å². The molecule has 8 atom stereocenters. The predicted octanol–water partition coefficient (Wildman–Crippen LogP) is 1.22. The zero-order valence-corrected chi connectivity index (χ0v) is 16.3. The number of rotatable bonds is 7. The molecule has 0 amide bonds. The summed E-state index contributed by atoms with van der Waals surface area (Å²) in [7, 11) is 8.04. The smallest absolute Gasteiger partial charge is 0.154 e. The Bertz CT molecular complexity index is 360. The highest BCUT2D eigenvalue weighted by molar-refractivity contribution is 4.91.